The first-order valence-corrected chi connectivity index (χ1v) is 17.6. The molecule has 3 aliphatic rings. The summed E-state index contributed by atoms with van der Waals surface area (Å²) < 4.78 is 59.1. The predicted octanol–water partition coefficient (Wildman–Crippen LogP) is 5.30. The maximum Gasteiger partial charge on any atom is 0.433 e. The van der Waals surface area contributed by atoms with Crippen LogP contribution < -0.4 is 16.3 Å². The molecule has 8 rings (SSSR count). The van der Waals surface area contributed by atoms with E-state index in [9.17, 15) is 36.7 Å². The fourth-order valence-electron chi connectivity index (χ4n) is 8.14. The van der Waals surface area contributed by atoms with Crippen LogP contribution in [0.1, 0.15) is 78.3 Å². The number of hydrogen-bond donors (Lipinski definition) is 2. The van der Waals surface area contributed by atoms with Gasteiger partial charge in [-0.2, -0.15) is 18.3 Å². The molecule has 0 spiro atoms. The first-order chi connectivity index (χ1) is 25.3. The van der Waals surface area contributed by atoms with E-state index in [0.717, 1.165) is 74.6 Å². The molecule has 5 heterocycles. The Labute approximate surface area is 299 Å². The van der Waals surface area contributed by atoms with Crippen molar-refractivity contribution in [2.75, 3.05) is 25.0 Å². The van der Waals surface area contributed by atoms with Gasteiger partial charge in [-0.3, -0.25) is 33.5 Å². The van der Waals surface area contributed by atoms with Gasteiger partial charge in [-0.05, 0) is 86.9 Å². The van der Waals surface area contributed by atoms with Crippen LogP contribution in [0.4, 0.5) is 23.2 Å². The van der Waals surface area contributed by atoms with Crippen molar-refractivity contribution < 1.29 is 31.9 Å². The minimum atomic E-state index is -4.72. The number of nitrogens with one attached hydrogen (secondary N) is 2. The Hall–Kier alpha value is -5.38. The number of carbonyl (C=O) groups is 3. The quantitative estimate of drug-likeness (QED) is 0.171. The fraction of sp³-hybridized carbons (Fsp3) is 0.405. The molecule has 3 aromatic heterocycles. The van der Waals surface area contributed by atoms with Gasteiger partial charge in [0.15, 0.2) is 0 Å². The van der Waals surface area contributed by atoms with E-state index in [1.54, 1.807) is 17.8 Å². The van der Waals surface area contributed by atoms with Crippen LogP contribution in [0.5, 0.6) is 0 Å². The zero-order valence-electron chi connectivity index (χ0n) is 28.7. The summed E-state index contributed by atoms with van der Waals surface area (Å²) in [5, 5.41) is 9.85. The summed E-state index contributed by atoms with van der Waals surface area (Å²) in [6, 6.07) is 10.8. The molecule has 5 aromatic rings. The molecule has 16 heteroatoms. The van der Waals surface area contributed by atoms with Gasteiger partial charge in [-0.1, -0.05) is 18.2 Å². The highest BCUT2D eigenvalue weighted by atomic mass is 19.4. The van der Waals surface area contributed by atoms with Gasteiger partial charge in [0, 0.05) is 37.7 Å². The van der Waals surface area contributed by atoms with Crippen LogP contribution in [0, 0.1) is 11.7 Å². The lowest BCUT2D eigenvalue weighted by Crippen LogP contribution is -2.44. The number of alkyl halides is 3. The number of para-hydroxylation sites is 1. The Morgan fingerprint density at radius 2 is 1.77 bits per heavy atom. The normalized spacial score (nSPS) is 21.6. The highest BCUT2D eigenvalue weighted by molar-refractivity contribution is 6.04. The Bertz CT molecular complexity index is 2330. The first-order valence-electron chi connectivity index (χ1n) is 17.6. The monoisotopic (exact) mass is 732 g/mol. The van der Waals surface area contributed by atoms with Gasteiger partial charge in [0.05, 0.1) is 28.3 Å². The second-order valence-electron chi connectivity index (χ2n) is 14.3. The van der Waals surface area contributed by atoms with Crippen LogP contribution in [0.25, 0.3) is 21.9 Å². The van der Waals surface area contributed by atoms with Crippen molar-refractivity contribution in [1.82, 2.24) is 34.1 Å². The summed E-state index contributed by atoms with van der Waals surface area (Å²) in [6.07, 6.45) is 1.20. The summed E-state index contributed by atoms with van der Waals surface area (Å²) >= 11 is 0. The van der Waals surface area contributed by atoms with Crippen molar-refractivity contribution in [2.24, 2.45) is 13.0 Å². The number of nitrogens with zero attached hydrogens (tertiary/aromatic N) is 6. The van der Waals surface area contributed by atoms with Crippen molar-refractivity contribution in [3.8, 4) is 0 Å². The third-order valence-corrected chi connectivity index (χ3v) is 10.9. The van der Waals surface area contributed by atoms with Crippen molar-refractivity contribution in [3.63, 3.8) is 0 Å². The average molecular weight is 733 g/mol. The number of benzene rings is 2. The summed E-state index contributed by atoms with van der Waals surface area (Å²) in [7, 11) is 1.73. The van der Waals surface area contributed by atoms with Gasteiger partial charge in [0.25, 0.3) is 5.91 Å². The molecule has 2 N–H and O–H groups in total. The maximum atomic E-state index is 14.9. The molecular weight excluding hydrogens is 696 g/mol. The van der Waals surface area contributed by atoms with Gasteiger partial charge in [-0.25, -0.2) is 14.2 Å². The number of pyridine rings is 1. The Balaban J connectivity index is 0.878. The van der Waals surface area contributed by atoms with Gasteiger partial charge >= 0.3 is 11.9 Å². The zero-order valence-corrected chi connectivity index (χ0v) is 28.7. The summed E-state index contributed by atoms with van der Waals surface area (Å²) in [5.41, 5.74) is 0.886. The second-order valence-corrected chi connectivity index (χ2v) is 14.3. The van der Waals surface area contributed by atoms with E-state index in [4.69, 9.17) is 0 Å². The van der Waals surface area contributed by atoms with E-state index in [2.05, 4.69) is 31.7 Å². The van der Waals surface area contributed by atoms with Crippen molar-refractivity contribution in [1.29, 1.82) is 0 Å². The van der Waals surface area contributed by atoms with Crippen molar-refractivity contribution in [2.45, 2.75) is 62.7 Å². The largest absolute Gasteiger partial charge is 0.433 e. The van der Waals surface area contributed by atoms with Gasteiger partial charge in [-0.15, -0.1) is 0 Å². The van der Waals surface area contributed by atoms with Gasteiger partial charge in [0.2, 0.25) is 11.8 Å². The number of rotatable bonds is 7. The smallest absolute Gasteiger partial charge is 0.318 e. The number of likely N-dealkylation sites (tertiary alicyclic amines) is 1. The van der Waals surface area contributed by atoms with Crippen molar-refractivity contribution in [3.05, 3.63) is 88.0 Å². The molecule has 1 atom stereocenters. The number of imidazole rings is 1. The number of hydrogen-bond acceptors (Lipinski definition) is 7. The topological polar surface area (TPSA) is 136 Å². The third kappa shape index (κ3) is 6.49. The van der Waals surface area contributed by atoms with Crippen LogP contribution in [0.15, 0.2) is 59.5 Å². The second kappa shape index (κ2) is 13.2. The van der Waals surface area contributed by atoms with E-state index < -0.39 is 41.2 Å². The summed E-state index contributed by atoms with van der Waals surface area (Å²) in [4.78, 5) is 56.2. The number of anilines is 1. The SMILES string of the molecule is Cn1c(=O)n(C2CCC(=O)NC2=O)c2cccc(C3CCN(CC4CC(n5cc6cc(NC(=O)c7cccc(C(F)(F)F)n7)c(F)cc6n5)C4)CC3)c21. The third-order valence-electron chi connectivity index (χ3n) is 10.9. The minimum absolute atomic E-state index is 0.132. The zero-order chi connectivity index (χ0) is 37.2. The average Bonchev–Trinajstić information content (AvgIpc) is 3.63. The highest BCUT2D eigenvalue weighted by Gasteiger charge is 2.36. The summed E-state index contributed by atoms with van der Waals surface area (Å²) in [6.45, 7) is 2.74. The van der Waals surface area contributed by atoms with E-state index in [1.165, 1.54) is 16.7 Å². The number of carbonyl (C=O) groups excluding carboxylic acids is 3. The number of halogens is 4. The van der Waals surface area contributed by atoms with Crippen LogP contribution in [0.2, 0.25) is 0 Å². The highest BCUT2D eigenvalue weighted by Crippen LogP contribution is 2.40. The molecule has 1 aliphatic carbocycles. The Morgan fingerprint density at radius 1 is 1.02 bits per heavy atom. The standard InChI is InChI=1S/C37H36F4N8O4/c1-46-33-24(4-2-6-29(33)49(36(46)53)30-8-9-32(50)44-35(30)52)21-10-12-47(13-11-21)18-20-14-23(15-20)48-19-22-16-28(25(38)17-27(22)45-48)43-34(51)26-5-3-7-31(42-26)37(39,40)41/h2-7,16-17,19-21,23,30H,8-15,18H2,1H3,(H,43,51)(H,44,50,52). The molecule has 1 saturated carbocycles. The lowest BCUT2D eigenvalue weighted by atomic mass is 9.79. The molecule has 276 valence electrons. The van der Waals surface area contributed by atoms with E-state index in [1.807, 2.05) is 16.8 Å². The fourth-order valence-corrected chi connectivity index (χ4v) is 8.14. The van der Waals surface area contributed by atoms with Crippen LogP contribution in [0.3, 0.4) is 0 Å². The van der Waals surface area contributed by atoms with Crippen LogP contribution in [-0.4, -0.2) is 66.2 Å². The molecule has 53 heavy (non-hydrogen) atoms. The molecule has 2 saturated heterocycles. The van der Waals surface area contributed by atoms with Crippen molar-refractivity contribution >= 4 is 45.3 Å². The van der Waals surface area contributed by atoms with Crippen LogP contribution >= 0.6 is 0 Å². The lowest BCUT2D eigenvalue weighted by Gasteiger charge is -2.41. The molecule has 0 bridgehead atoms. The molecule has 12 nitrogen and oxygen atoms in total. The first kappa shape index (κ1) is 34.7. The van der Waals surface area contributed by atoms with E-state index >= 15 is 0 Å². The number of aryl methyl sites for hydroxylation is 1. The van der Waals surface area contributed by atoms with Gasteiger partial charge < -0.3 is 10.2 Å². The van der Waals surface area contributed by atoms with E-state index in [-0.39, 0.29) is 42.1 Å². The molecule has 2 aliphatic heterocycles. The molecular formula is C37H36F4N8O4. The molecule has 0 radical (unpaired) electrons. The number of aromatic nitrogens is 5. The molecule has 3 fully saturated rings. The maximum absolute atomic E-state index is 14.9. The summed E-state index contributed by atoms with van der Waals surface area (Å²) in [5.74, 6) is -1.78. The molecule has 2 aromatic carbocycles. The molecule has 3 amide bonds. The van der Waals surface area contributed by atoms with Gasteiger partial charge in [0.1, 0.15) is 23.2 Å². The lowest BCUT2D eigenvalue weighted by molar-refractivity contribution is -0.141. The Morgan fingerprint density at radius 3 is 2.51 bits per heavy atom. The Kier molecular flexibility index (Phi) is 8.66. The molecule has 1 unspecified atom stereocenters. The number of fused-ring (bicyclic) bond motifs is 2. The van der Waals surface area contributed by atoms with E-state index in [0.29, 0.717) is 22.3 Å². The number of amides is 3. The minimum Gasteiger partial charge on any atom is -0.318 e. The van der Waals surface area contributed by atoms with Crippen LogP contribution in [-0.2, 0) is 22.8 Å². The number of imide groups is 1. The predicted molar refractivity (Wildman–Crippen MR) is 186 cm³/mol. The number of piperidine rings is 2.